The molecule has 5 rings (SSSR count). The zero-order chi connectivity index (χ0) is 27.6. The number of piperazine rings is 1. The number of rotatable bonds is 6. The molecule has 0 bridgehead atoms. The van der Waals surface area contributed by atoms with Crippen molar-refractivity contribution < 1.29 is 22.7 Å². The molecule has 1 N–H and O–H groups in total. The van der Waals surface area contributed by atoms with E-state index in [0.29, 0.717) is 48.3 Å². The Bertz CT molecular complexity index is 1660. The summed E-state index contributed by atoms with van der Waals surface area (Å²) < 4.78 is 34.4. The summed E-state index contributed by atoms with van der Waals surface area (Å²) in [5, 5.41) is 0.704. The van der Waals surface area contributed by atoms with Crippen LogP contribution in [0.5, 0.6) is 5.75 Å². The molecule has 11 heteroatoms. The fourth-order valence-electron chi connectivity index (χ4n) is 4.54. The number of para-hydroxylation sites is 1. The maximum Gasteiger partial charge on any atom is 0.272 e. The minimum Gasteiger partial charge on any atom is -0.496 e. The molecule has 0 atom stereocenters. The van der Waals surface area contributed by atoms with E-state index in [0.717, 1.165) is 5.69 Å². The normalized spacial score (nSPS) is 13.8. The Kier molecular flexibility index (Phi) is 7.16. The fraction of sp³-hybridized carbons (Fsp3) is 0.214. The van der Waals surface area contributed by atoms with Gasteiger partial charge in [0.25, 0.3) is 21.8 Å². The van der Waals surface area contributed by atoms with E-state index in [1.165, 1.54) is 31.4 Å². The standard InChI is InChI=1S/C28H27N5O5S/c1-19-6-3-9-23(30-19)28(35)33-16-14-32(15-17-33)27(34)22-12-11-21(18-24(22)38-2)31-39(36,37)25-10-4-7-20-8-5-13-29-26(20)25/h3-13,18,31H,14-17H2,1-2H3. The van der Waals surface area contributed by atoms with E-state index in [2.05, 4.69) is 14.7 Å². The van der Waals surface area contributed by atoms with Crippen molar-refractivity contribution in [3.63, 3.8) is 0 Å². The summed E-state index contributed by atoms with van der Waals surface area (Å²) in [6.07, 6.45) is 1.54. The molecule has 0 radical (unpaired) electrons. The quantitative estimate of drug-likeness (QED) is 0.394. The van der Waals surface area contributed by atoms with Gasteiger partial charge in [0.2, 0.25) is 0 Å². The monoisotopic (exact) mass is 545 g/mol. The van der Waals surface area contributed by atoms with Crippen LogP contribution in [-0.4, -0.2) is 73.3 Å². The van der Waals surface area contributed by atoms with Crippen LogP contribution in [0, 0.1) is 6.92 Å². The number of pyridine rings is 2. The first kappa shape index (κ1) is 26.1. The fourth-order valence-corrected chi connectivity index (χ4v) is 5.77. The topological polar surface area (TPSA) is 122 Å². The lowest BCUT2D eigenvalue weighted by Crippen LogP contribution is -2.50. The van der Waals surface area contributed by atoms with E-state index in [-0.39, 0.29) is 28.1 Å². The lowest BCUT2D eigenvalue weighted by molar-refractivity contribution is 0.0530. The smallest absolute Gasteiger partial charge is 0.272 e. The van der Waals surface area contributed by atoms with Gasteiger partial charge in [0, 0.05) is 49.5 Å². The van der Waals surface area contributed by atoms with Crippen LogP contribution in [-0.2, 0) is 10.0 Å². The number of carbonyl (C=O) groups is 2. The summed E-state index contributed by atoms with van der Waals surface area (Å²) in [5.74, 6) is -0.194. The van der Waals surface area contributed by atoms with E-state index < -0.39 is 10.0 Å². The van der Waals surface area contributed by atoms with Gasteiger partial charge in [-0.2, -0.15) is 0 Å². The summed E-state index contributed by atoms with van der Waals surface area (Å²) >= 11 is 0. The number of hydrogen-bond acceptors (Lipinski definition) is 7. The number of hydrogen-bond donors (Lipinski definition) is 1. The molecule has 2 aromatic carbocycles. The van der Waals surface area contributed by atoms with Crippen molar-refractivity contribution in [3.05, 3.63) is 89.9 Å². The molecule has 1 aliphatic heterocycles. The molecular weight excluding hydrogens is 518 g/mol. The second-order valence-electron chi connectivity index (χ2n) is 9.10. The van der Waals surface area contributed by atoms with Crippen molar-refractivity contribution in [2.24, 2.45) is 0 Å². The van der Waals surface area contributed by atoms with E-state index in [9.17, 15) is 18.0 Å². The number of sulfonamides is 1. The highest BCUT2D eigenvalue weighted by Gasteiger charge is 2.28. The number of methoxy groups -OCH3 is 1. The first-order valence-corrected chi connectivity index (χ1v) is 13.8. The van der Waals surface area contributed by atoms with Gasteiger partial charge in [-0.1, -0.05) is 24.3 Å². The van der Waals surface area contributed by atoms with E-state index in [4.69, 9.17) is 4.74 Å². The van der Waals surface area contributed by atoms with Crippen molar-refractivity contribution in [2.75, 3.05) is 38.0 Å². The third-order valence-electron chi connectivity index (χ3n) is 6.53. The first-order chi connectivity index (χ1) is 18.8. The van der Waals surface area contributed by atoms with Crippen LogP contribution in [0.4, 0.5) is 5.69 Å². The van der Waals surface area contributed by atoms with Crippen molar-refractivity contribution in [2.45, 2.75) is 11.8 Å². The highest BCUT2D eigenvalue weighted by atomic mass is 32.2. The highest BCUT2D eigenvalue weighted by Crippen LogP contribution is 2.28. The van der Waals surface area contributed by atoms with Crippen LogP contribution < -0.4 is 9.46 Å². The number of aryl methyl sites for hydroxylation is 1. The van der Waals surface area contributed by atoms with Crippen molar-refractivity contribution >= 4 is 38.4 Å². The van der Waals surface area contributed by atoms with E-state index in [1.54, 1.807) is 52.4 Å². The molecular formula is C28H27N5O5S. The number of benzene rings is 2. The molecule has 39 heavy (non-hydrogen) atoms. The van der Waals surface area contributed by atoms with Crippen LogP contribution in [0.25, 0.3) is 10.9 Å². The van der Waals surface area contributed by atoms with Gasteiger partial charge in [0.1, 0.15) is 16.3 Å². The summed E-state index contributed by atoms with van der Waals surface area (Å²) in [4.78, 5) is 38.0. The lowest BCUT2D eigenvalue weighted by Gasteiger charge is -2.34. The van der Waals surface area contributed by atoms with Crippen LogP contribution >= 0.6 is 0 Å². The van der Waals surface area contributed by atoms with E-state index in [1.807, 2.05) is 13.0 Å². The van der Waals surface area contributed by atoms with Crippen molar-refractivity contribution in [1.29, 1.82) is 0 Å². The molecule has 2 aromatic heterocycles. The van der Waals surface area contributed by atoms with Gasteiger partial charge in [-0.25, -0.2) is 13.4 Å². The maximum absolute atomic E-state index is 13.3. The molecule has 0 unspecified atom stereocenters. The van der Waals surface area contributed by atoms with Crippen molar-refractivity contribution in [3.8, 4) is 5.75 Å². The predicted octanol–water partition coefficient (Wildman–Crippen LogP) is 3.35. The van der Waals surface area contributed by atoms with Crippen LogP contribution in [0.1, 0.15) is 26.5 Å². The highest BCUT2D eigenvalue weighted by molar-refractivity contribution is 7.93. The second-order valence-corrected chi connectivity index (χ2v) is 10.8. The maximum atomic E-state index is 13.3. The molecule has 1 aliphatic rings. The number of ether oxygens (including phenoxy) is 1. The van der Waals surface area contributed by atoms with Crippen LogP contribution in [0.15, 0.2) is 77.8 Å². The molecule has 10 nitrogen and oxygen atoms in total. The van der Waals surface area contributed by atoms with Gasteiger partial charge in [-0.3, -0.25) is 19.3 Å². The minimum atomic E-state index is -3.96. The molecule has 3 heterocycles. The minimum absolute atomic E-state index is 0.0491. The third-order valence-corrected chi connectivity index (χ3v) is 7.94. The van der Waals surface area contributed by atoms with Gasteiger partial charge < -0.3 is 14.5 Å². The number of nitrogens with one attached hydrogen (secondary N) is 1. The average molecular weight is 546 g/mol. The number of fused-ring (bicyclic) bond motifs is 1. The Hall–Kier alpha value is -4.51. The number of anilines is 1. The molecule has 0 aliphatic carbocycles. The van der Waals surface area contributed by atoms with Gasteiger partial charge >= 0.3 is 0 Å². The largest absolute Gasteiger partial charge is 0.496 e. The summed E-state index contributed by atoms with van der Waals surface area (Å²) in [5.41, 5.74) is 2.06. The Morgan fingerprint density at radius 1 is 0.897 bits per heavy atom. The number of amides is 2. The van der Waals surface area contributed by atoms with Crippen LogP contribution in [0.2, 0.25) is 0 Å². The summed E-state index contributed by atoms with van der Waals surface area (Å²) in [6, 6.07) is 18.3. The SMILES string of the molecule is COc1cc(NS(=O)(=O)c2cccc3cccnc23)ccc1C(=O)N1CCN(C(=O)c2cccc(C)n2)CC1. The molecule has 200 valence electrons. The predicted molar refractivity (Wildman–Crippen MR) is 146 cm³/mol. The Morgan fingerprint density at radius 2 is 1.59 bits per heavy atom. The molecule has 0 spiro atoms. The zero-order valence-corrected chi connectivity index (χ0v) is 22.3. The molecule has 1 fully saturated rings. The van der Waals surface area contributed by atoms with Crippen molar-refractivity contribution in [1.82, 2.24) is 19.8 Å². The van der Waals surface area contributed by atoms with Crippen LogP contribution in [0.3, 0.4) is 0 Å². The molecule has 1 saturated heterocycles. The Balaban J connectivity index is 1.30. The number of aromatic nitrogens is 2. The Morgan fingerprint density at radius 3 is 2.31 bits per heavy atom. The van der Waals surface area contributed by atoms with Gasteiger partial charge in [-0.05, 0) is 43.3 Å². The lowest BCUT2D eigenvalue weighted by atomic mass is 10.1. The summed E-state index contributed by atoms with van der Waals surface area (Å²) in [6.45, 7) is 3.28. The average Bonchev–Trinajstić information content (AvgIpc) is 2.96. The molecule has 4 aromatic rings. The zero-order valence-electron chi connectivity index (χ0n) is 21.5. The van der Waals surface area contributed by atoms with E-state index >= 15 is 0 Å². The third kappa shape index (κ3) is 5.39. The first-order valence-electron chi connectivity index (χ1n) is 12.3. The second kappa shape index (κ2) is 10.7. The van der Waals surface area contributed by atoms with Gasteiger partial charge in [-0.15, -0.1) is 0 Å². The summed E-state index contributed by atoms with van der Waals surface area (Å²) in [7, 11) is -2.54. The molecule has 0 saturated carbocycles. The van der Waals surface area contributed by atoms with Gasteiger partial charge in [0.05, 0.1) is 23.9 Å². The number of nitrogens with zero attached hydrogens (tertiary/aromatic N) is 4. The number of carbonyl (C=O) groups excluding carboxylic acids is 2. The Labute approximate surface area is 226 Å². The molecule has 2 amide bonds. The van der Waals surface area contributed by atoms with Gasteiger partial charge in [0.15, 0.2) is 0 Å².